The van der Waals surface area contributed by atoms with E-state index in [1.54, 1.807) is 14.2 Å². The second kappa shape index (κ2) is 6.38. The molecule has 5 heteroatoms. The van der Waals surface area contributed by atoms with Gasteiger partial charge < -0.3 is 15.2 Å². The number of ether oxygens (including phenoxy) is 2. The number of benzene rings is 1. The lowest BCUT2D eigenvalue weighted by Crippen LogP contribution is -2.04. The van der Waals surface area contributed by atoms with Crippen LogP contribution < -0.4 is 15.2 Å². The molecule has 2 heterocycles. The topological polar surface area (TPSA) is 57.4 Å². The third kappa shape index (κ3) is 2.80. The summed E-state index contributed by atoms with van der Waals surface area (Å²) in [5.41, 5.74) is 9.21. The average Bonchev–Trinajstić information content (AvgIpc) is 3.09. The van der Waals surface area contributed by atoms with Crippen molar-refractivity contribution in [3.05, 3.63) is 52.8 Å². The summed E-state index contributed by atoms with van der Waals surface area (Å²) in [4.78, 5) is 4.55. The van der Waals surface area contributed by atoms with Gasteiger partial charge >= 0.3 is 0 Å². The zero-order chi connectivity index (χ0) is 16.4. The molecule has 120 valence electrons. The minimum Gasteiger partial charge on any atom is -0.493 e. The number of hydrogen-bond donors (Lipinski definition) is 2. The summed E-state index contributed by atoms with van der Waals surface area (Å²) in [5.74, 6) is 1.66. The summed E-state index contributed by atoms with van der Waals surface area (Å²) in [5, 5.41) is 5.12. The molecule has 2 N–H and O–H groups in total. The normalized spacial score (nSPS) is 14.3. The van der Waals surface area contributed by atoms with Crippen molar-refractivity contribution < 1.29 is 9.47 Å². The lowest BCUT2D eigenvalue weighted by Gasteiger charge is -2.21. The summed E-state index contributed by atoms with van der Waals surface area (Å²) in [6.07, 6.45) is 4.05. The Labute approximate surface area is 139 Å². The van der Waals surface area contributed by atoms with E-state index < -0.39 is 10.9 Å². The highest BCUT2D eigenvalue weighted by atomic mass is 32.2. The molecule has 0 bridgehead atoms. The molecule has 0 saturated carbocycles. The van der Waals surface area contributed by atoms with Crippen LogP contribution in [0.4, 0.5) is 5.82 Å². The number of anilines is 1. The highest BCUT2D eigenvalue weighted by Gasteiger charge is 2.24. The van der Waals surface area contributed by atoms with Crippen LogP contribution >= 0.6 is 10.9 Å². The Morgan fingerprint density at radius 2 is 1.57 bits per heavy atom. The first-order chi connectivity index (χ1) is 11.2. The predicted molar refractivity (Wildman–Crippen MR) is 97.5 cm³/mol. The van der Waals surface area contributed by atoms with E-state index in [2.05, 4.69) is 34.9 Å². The molecule has 0 atom stereocenters. The maximum absolute atomic E-state index is 6.16. The van der Waals surface area contributed by atoms with E-state index in [1.807, 2.05) is 24.3 Å². The minimum atomic E-state index is -0.646. The Bertz CT molecular complexity index is 771. The molecule has 3 rings (SSSR count). The van der Waals surface area contributed by atoms with Crippen molar-refractivity contribution >= 4 is 16.7 Å². The van der Waals surface area contributed by atoms with Crippen LogP contribution in [0.2, 0.25) is 0 Å². The summed E-state index contributed by atoms with van der Waals surface area (Å²) >= 11 is 0. The second-order valence-electron chi connectivity index (χ2n) is 5.22. The molecule has 0 unspecified atom stereocenters. The van der Waals surface area contributed by atoms with Crippen LogP contribution in [-0.4, -0.2) is 19.2 Å². The van der Waals surface area contributed by atoms with Crippen LogP contribution in [0.25, 0.3) is 11.1 Å². The van der Waals surface area contributed by atoms with Gasteiger partial charge in [0.05, 0.1) is 19.8 Å². The van der Waals surface area contributed by atoms with Gasteiger partial charge in [-0.25, -0.2) is 4.98 Å². The van der Waals surface area contributed by atoms with E-state index in [0.29, 0.717) is 11.6 Å². The maximum Gasteiger partial charge on any atom is 0.172 e. The number of pyridine rings is 1. The Morgan fingerprint density at radius 3 is 2.13 bits per heavy atom. The number of aromatic nitrogens is 1. The highest BCUT2D eigenvalue weighted by Crippen LogP contribution is 2.52. The second-order valence-corrected chi connectivity index (χ2v) is 7.05. The molecule has 4 nitrogen and oxygen atoms in total. The smallest absolute Gasteiger partial charge is 0.172 e. The lowest BCUT2D eigenvalue weighted by atomic mass is 10.0. The Morgan fingerprint density at radius 1 is 0.957 bits per heavy atom. The van der Waals surface area contributed by atoms with Crippen molar-refractivity contribution in [1.82, 2.24) is 4.98 Å². The summed E-state index contributed by atoms with van der Waals surface area (Å²) < 4.78 is 11.2. The zero-order valence-corrected chi connectivity index (χ0v) is 14.3. The van der Waals surface area contributed by atoms with Gasteiger partial charge in [0.1, 0.15) is 5.03 Å². The van der Waals surface area contributed by atoms with Crippen molar-refractivity contribution in [3.63, 3.8) is 0 Å². The van der Waals surface area contributed by atoms with Crippen LogP contribution in [-0.2, 0) is 0 Å². The molecule has 2 aromatic rings. The number of nitrogens with two attached hydrogens (primary N) is 1. The molecule has 1 aromatic carbocycles. The zero-order valence-electron chi connectivity index (χ0n) is 13.4. The van der Waals surface area contributed by atoms with Crippen LogP contribution in [0.1, 0.15) is 5.56 Å². The first-order valence-corrected chi connectivity index (χ1v) is 8.75. The first-order valence-electron chi connectivity index (χ1n) is 7.27. The van der Waals surface area contributed by atoms with Gasteiger partial charge in [0, 0.05) is 0 Å². The number of nitrogen functional groups attached to an aromatic ring is 1. The summed E-state index contributed by atoms with van der Waals surface area (Å²) in [6, 6.07) is 8.22. The van der Waals surface area contributed by atoms with Crippen molar-refractivity contribution in [3.8, 4) is 22.6 Å². The maximum atomic E-state index is 6.16. The molecule has 0 amide bonds. The van der Waals surface area contributed by atoms with Crippen molar-refractivity contribution in [2.24, 2.45) is 0 Å². The molecular weight excluding hydrogens is 308 g/mol. The highest BCUT2D eigenvalue weighted by molar-refractivity contribution is 8.22. The Kier molecular flexibility index (Phi) is 4.30. The van der Waals surface area contributed by atoms with Gasteiger partial charge in [0.25, 0.3) is 0 Å². The third-order valence-electron chi connectivity index (χ3n) is 3.71. The molecule has 0 fully saturated rings. The van der Waals surface area contributed by atoms with E-state index in [-0.39, 0.29) is 0 Å². The molecule has 1 aromatic heterocycles. The van der Waals surface area contributed by atoms with Crippen molar-refractivity contribution in [2.75, 3.05) is 20.0 Å². The molecule has 1 aliphatic rings. The number of rotatable bonds is 4. The monoisotopic (exact) mass is 328 g/mol. The number of hydrogen-bond acceptors (Lipinski definition) is 4. The van der Waals surface area contributed by atoms with Gasteiger partial charge in [-0.05, 0) is 23.3 Å². The third-order valence-corrected chi connectivity index (χ3v) is 5.49. The lowest BCUT2D eigenvalue weighted by molar-refractivity contribution is 0.387. The standard InChI is InChI=1S/C18H20N2O2S/c1-12-6-8-13(9-7-12)14-15(21-2)17(19)20-18(16(14)22-3)23-10-4-5-11-23/h4-11,23H,1-3H3,(H2,19,20). The Hall–Kier alpha value is -2.40. The fourth-order valence-electron chi connectivity index (χ4n) is 2.59. The fraction of sp³-hybridized carbons (Fsp3) is 0.167. The van der Waals surface area contributed by atoms with Crippen LogP contribution in [0.5, 0.6) is 11.5 Å². The molecular formula is C18H20N2O2S. The molecule has 23 heavy (non-hydrogen) atoms. The average molecular weight is 328 g/mol. The number of allylic oxidation sites excluding steroid dienone is 2. The molecule has 1 aliphatic heterocycles. The fourth-order valence-corrected chi connectivity index (χ4v) is 4.20. The predicted octanol–water partition coefficient (Wildman–Crippen LogP) is 4.06. The van der Waals surface area contributed by atoms with Crippen LogP contribution in [0.3, 0.4) is 0 Å². The SMILES string of the molecule is COc1c(N)nc([SH]2C=CC=C2)c(OC)c1-c1ccc(C)cc1. The van der Waals surface area contributed by atoms with E-state index in [4.69, 9.17) is 15.2 Å². The van der Waals surface area contributed by atoms with E-state index in [0.717, 1.165) is 21.9 Å². The number of thiol groups is 1. The molecule has 0 spiro atoms. The summed E-state index contributed by atoms with van der Waals surface area (Å²) in [7, 11) is 2.62. The van der Waals surface area contributed by atoms with E-state index >= 15 is 0 Å². The Balaban J connectivity index is 2.28. The largest absolute Gasteiger partial charge is 0.493 e. The number of nitrogens with zero attached hydrogens (tertiary/aromatic N) is 1. The molecule has 0 aliphatic carbocycles. The van der Waals surface area contributed by atoms with Gasteiger partial charge in [-0.1, -0.05) is 42.0 Å². The van der Waals surface area contributed by atoms with Gasteiger partial charge in [-0.2, -0.15) is 10.9 Å². The summed E-state index contributed by atoms with van der Waals surface area (Å²) in [6.45, 7) is 2.06. The van der Waals surface area contributed by atoms with Gasteiger partial charge in [-0.3, -0.25) is 0 Å². The molecule has 0 saturated heterocycles. The van der Waals surface area contributed by atoms with Crippen LogP contribution in [0.15, 0.2) is 52.3 Å². The van der Waals surface area contributed by atoms with Gasteiger partial charge in [0.15, 0.2) is 17.3 Å². The van der Waals surface area contributed by atoms with Crippen LogP contribution in [0, 0.1) is 6.92 Å². The number of methoxy groups -OCH3 is 2. The van der Waals surface area contributed by atoms with E-state index in [9.17, 15) is 0 Å². The first kappa shape index (κ1) is 15.5. The van der Waals surface area contributed by atoms with Crippen molar-refractivity contribution in [2.45, 2.75) is 11.9 Å². The van der Waals surface area contributed by atoms with E-state index in [1.165, 1.54) is 5.56 Å². The minimum absolute atomic E-state index is 0.384. The number of aryl methyl sites for hydroxylation is 1. The van der Waals surface area contributed by atoms with Crippen molar-refractivity contribution in [1.29, 1.82) is 0 Å². The quantitative estimate of drug-likeness (QED) is 0.831. The van der Waals surface area contributed by atoms with Gasteiger partial charge in [0.2, 0.25) is 0 Å². The molecule has 0 radical (unpaired) electrons. The van der Waals surface area contributed by atoms with Gasteiger partial charge in [-0.15, -0.1) is 0 Å².